The second kappa shape index (κ2) is 11.6. The summed E-state index contributed by atoms with van der Waals surface area (Å²) in [5.41, 5.74) is 2.78. The molecule has 2 N–H and O–H groups in total. The topological polar surface area (TPSA) is 48.9 Å². The van der Waals surface area contributed by atoms with Gasteiger partial charge in [-0.15, -0.1) is 35.3 Å². The Morgan fingerprint density at radius 2 is 2.04 bits per heavy atom. The number of halogens is 2. The molecule has 2 heterocycles. The maximum Gasteiger partial charge on any atom is 0.191 e. The van der Waals surface area contributed by atoms with Crippen LogP contribution in [-0.4, -0.2) is 38.8 Å². The lowest BCUT2D eigenvalue weighted by molar-refractivity contribution is 0.122. The first-order valence-electron chi connectivity index (χ1n) is 9.33. The quantitative estimate of drug-likeness (QED) is 0.346. The number of guanidine groups is 1. The van der Waals surface area contributed by atoms with Crippen LogP contribution >= 0.6 is 35.3 Å². The van der Waals surface area contributed by atoms with Gasteiger partial charge >= 0.3 is 0 Å². The van der Waals surface area contributed by atoms with Gasteiger partial charge in [-0.3, -0.25) is 0 Å². The highest BCUT2D eigenvalue weighted by atomic mass is 127. The Kier molecular flexibility index (Phi) is 9.46. The summed E-state index contributed by atoms with van der Waals surface area (Å²) < 4.78 is 19.9. The van der Waals surface area contributed by atoms with E-state index in [-0.39, 0.29) is 29.8 Å². The van der Waals surface area contributed by atoms with Crippen LogP contribution in [0.1, 0.15) is 22.9 Å². The van der Waals surface area contributed by atoms with Gasteiger partial charge in [0.1, 0.15) is 5.82 Å². The van der Waals surface area contributed by atoms with E-state index in [1.54, 1.807) is 17.4 Å². The standard InChI is InChI=1S/C20H27FN4OS.HI/c1-3-22-20(24-14-19-15(2)6-11-27-19)23-13-16-4-5-18(17(21)12-16)25-7-9-26-10-8-25;/h4-6,11-12H,3,7-10,13-14H2,1-2H3,(H2,22,23,24);1H. The largest absolute Gasteiger partial charge is 0.378 e. The number of ether oxygens (including phenoxy) is 1. The highest BCUT2D eigenvalue weighted by Gasteiger charge is 2.15. The molecule has 1 saturated heterocycles. The van der Waals surface area contributed by atoms with E-state index in [0.717, 1.165) is 37.7 Å². The molecule has 1 aliphatic rings. The van der Waals surface area contributed by atoms with E-state index in [4.69, 9.17) is 4.74 Å². The van der Waals surface area contributed by atoms with Crippen molar-refractivity contribution in [3.05, 3.63) is 51.5 Å². The number of aryl methyl sites for hydroxylation is 1. The van der Waals surface area contributed by atoms with Crippen LogP contribution < -0.4 is 15.5 Å². The van der Waals surface area contributed by atoms with Crippen molar-refractivity contribution in [3.63, 3.8) is 0 Å². The summed E-state index contributed by atoms with van der Waals surface area (Å²) in [6.07, 6.45) is 0. The summed E-state index contributed by atoms with van der Waals surface area (Å²) in [5, 5.41) is 8.68. The summed E-state index contributed by atoms with van der Waals surface area (Å²) >= 11 is 1.73. The highest BCUT2D eigenvalue weighted by Crippen LogP contribution is 2.22. The Morgan fingerprint density at radius 3 is 2.68 bits per heavy atom. The average molecular weight is 518 g/mol. The first kappa shape index (κ1) is 22.9. The van der Waals surface area contributed by atoms with Crippen LogP contribution in [0.2, 0.25) is 0 Å². The number of hydrogen-bond acceptors (Lipinski definition) is 4. The number of morpholine rings is 1. The van der Waals surface area contributed by atoms with E-state index in [1.165, 1.54) is 10.4 Å². The van der Waals surface area contributed by atoms with Gasteiger partial charge in [-0.1, -0.05) is 6.07 Å². The molecule has 0 atom stereocenters. The number of aliphatic imine (C=N–C) groups is 1. The molecule has 0 radical (unpaired) electrons. The van der Waals surface area contributed by atoms with E-state index in [1.807, 2.05) is 24.0 Å². The molecule has 0 spiro atoms. The molecule has 1 aliphatic heterocycles. The Labute approximate surface area is 187 Å². The van der Waals surface area contributed by atoms with Crippen molar-refractivity contribution in [2.24, 2.45) is 4.99 Å². The number of anilines is 1. The van der Waals surface area contributed by atoms with Crippen LogP contribution in [0.5, 0.6) is 0 Å². The molecule has 1 aromatic heterocycles. The molecule has 1 fully saturated rings. The molecule has 28 heavy (non-hydrogen) atoms. The normalized spacial score (nSPS) is 14.5. The van der Waals surface area contributed by atoms with Gasteiger partial charge in [-0.2, -0.15) is 0 Å². The van der Waals surface area contributed by atoms with Crippen molar-refractivity contribution < 1.29 is 9.13 Å². The monoisotopic (exact) mass is 518 g/mol. The Bertz CT molecular complexity index is 777. The van der Waals surface area contributed by atoms with Gasteiger partial charge in [0.05, 0.1) is 32.0 Å². The minimum absolute atomic E-state index is 0. The van der Waals surface area contributed by atoms with Crippen LogP contribution in [0.4, 0.5) is 10.1 Å². The van der Waals surface area contributed by atoms with Crippen LogP contribution in [0.25, 0.3) is 0 Å². The molecule has 0 unspecified atom stereocenters. The summed E-state index contributed by atoms with van der Waals surface area (Å²) in [5.74, 6) is 0.541. The lowest BCUT2D eigenvalue weighted by Gasteiger charge is -2.29. The number of thiophene rings is 1. The van der Waals surface area contributed by atoms with E-state index in [2.05, 4.69) is 34.0 Å². The van der Waals surface area contributed by atoms with Gasteiger partial charge in [0.2, 0.25) is 0 Å². The predicted octanol–water partition coefficient (Wildman–Crippen LogP) is 3.91. The van der Waals surface area contributed by atoms with Crippen LogP contribution in [0.15, 0.2) is 34.6 Å². The van der Waals surface area contributed by atoms with E-state index in [9.17, 15) is 4.39 Å². The average Bonchev–Trinajstić information content (AvgIpc) is 3.09. The number of nitrogens with zero attached hydrogens (tertiary/aromatic N) is 2. The van der Waals surface area contributed by atoms with Gasteiger partial charge in [0.15, 0.2) is 5.96 Å². The molecule has 0 saturated carbocycles. The van der Waals surface area contributed by atoms with Gasteiger partial charge in [0.25, 0.3) is 0 Å². The number of benzene rings is 1. The predicted molar refractivity (Wildman–Crippen MR) is 126 cm³/mol. The van der Waals surface area contributed by atoms with Gasteiger partial charge < -0.3 is 20.3 Å². The Balaban J connectivity index is 0.00000280. The van der Waals surface area contributed by atoms with Gasteiger partial charge in [-0.25, -0.2) is 9.38 Å². The molecule has 0 amide bonds. The lowest BCUT2D eigenvalue weighted by Crippen LogP contribution is -2.37. The minimum Gasteiger partial charge on any atom is -0.378 e. The molecule has 0 bridgehead atoms. The van der Waals surface area contributed by atoms with Crippen molar-refractivity contribution in [1.29, 1.82) is 0 Å². The number of nitrogens with one attached hydrogen (secondary N) is 2. The molecule has 3 rings (SSSR count). The molecule has 154 valence electrons. The van der Waals surface area contributed by atoms with E-state index < -0.39 is 0 Å². The summed E-state index contributed by atoms with van der Waals surface area (Å²) in [7, 11) is 0. The number of rotatable bonds is 6. The SMILES string of the molecule is CCNC(=NCc1ccc(N2CCOCC2)c(F)c1)NCc1sccc1C.I. The third kappa shape index (κ3) is 6.31. The van der Waals surface area contributed by atoms with Crippen molar-refractivity contribution >= 4 is 47.0 Å². The summed E-state index contributed by atoms with van der Waals surface area (Å²) in [6, 6.07) is 7.50. The maximum atomic E-state index is 14.5. The molecule has 0 aliphatic carbocycles. The van der Waals surface area contributed by atoms with Crippen LogP contribution in [0, 0.1) is 12.7 Å². The van der Waals surface area contributed by atoms with Gasteiger partial charge in [-0.05, 0) is 48.6 Å². The molecule has 5 nitrogen and oxygen atoms in total. The Morgan fingerprint density at radius 1 is 1.25 bits per heavy atom. The second-order valence-corrected chi connectivity index (χ2v) is 7.46. The van der Waals surface area contributed by atoms with Crippen molar-refractivity contribution in [2.75, 3.05) is 37.7 Å². The molecule has 1 aromatic carbocycles. The van der Waals surface area contributed by atoms with Crippen molar-refractivity contribution in [3.8, 4) is 0 Å². The molecule has 8 heteroatoms. The fourth-order valence-electron chi connectivity index (χ4n) is 2.97. The van der Waals surface area contributed by atoms with Crippen molar-refractivity contribution in [2.45, 2.75) is 26.9 Å². The highest BCUT2D eigenvalue weighted by molar-refractivity contribution is 14.0. The lowest BCUT2D eigenvalue weighted by atomic mass is 10.1. The Hall–Kier alpha value is -1.39. The second-order valence-electron chi connectivity index (χ2n) is 6.46. The zero-order valence-corrected chi connectivity index (χ0v) is 19.5. The molecule has 2 aromatic rings. The smallest absolute Gasteiger partial charge is 0.191 e. The molecular formula is C20H28FIN4OS. The van der Waals surface area contributed by atoms with Crippen molar-refractivity contribution in [1.82, 2.24) is 10.6 Å². The fraction of sp³-hybridized carbons (Fsp3) is 0.450. The zero-order valence-electron chi connectivity index (χ0n) is 16.3. The first-order chi connectivity index (χ1) is 13.2. The molecular weight excluding hydrogens is 490 g/mol. The first-order valence-corrected chi connectivity index (χ1v) is 10.2. The van der Waals surface area contributed by atoms with E-state index in [0.29, 0.717) is 25.4 Å². The van der Waals surface area contributed by atoms with Crippen LogP contribution in [-0.2, 0) is 17.8 Å². The van der Waals surface area contributed by atoms with Gasteiger partial charge in [0, 0.05) is 24.5 Å². The maximum absolute atomic E-state index is 14.5. The minimum atomic E-state index is -0.197. The number of hydrogen-bond donors (Lipinski definition) is 2. The third-order valence-corrected chi connectivity index (χ3v) is 5.54. The zero-order chi connectivity index (χ0) is 19.1. The summed E-state index contributed by atoms with van der Waals surface area (Å²) in [4.78, 5) is 7.92. The summed E-state index contributed by atoms with van der Waals surface area (Å²) in [6.45, 7) is 8.83. The van der Waals surface area contributed by atoms with E-state index >= 15 is 0 Å². The fourth-order valence-corrected chi connectivity index (χ4v) is 3.82. The third-order valence-electron chi connectivity index (χ3n) is 4.51. The van der Waals surface area contributed by atoms with Crippen LogP contribution in [0.3, 0.4) is 0 Å².